The Morgan fingerprint density at radius 1 is 1.50 bits per heavy atom. The molecule has 0 radical (unpaired) electrons. The number of hydrogen-bond acceptors (Lipinski definition) is 3. The summed E-state index contributed by atoms with van der Waals surface area (Å²) in [6.07, 6.45) is 1.74. The van der Waals surface area contributed by atoms with E-state index < -0.39 is 5.60 Å². The Morgan fingerprint density at radius 2 is 2.08 bits per heavy atom. The predicted molar refractivity (Wildman–Crippen MR) is 46.8 cm³/mol. The number of esters is 1. The van der Waals surface area contributed by atoms with E-state index in [2.05, 4.69) is 0 Å². The highest BCUT2D eigenvalue weighted by Crippen LogP contribution is 2.14. The van der Waals surface area contributed by atoms with Crippen LogP contribution >= 0.6 is 0 Å². The molecular formula is C9H18O3. The molecule has 12 heavy (non-hydrogen) atoms. The van der Waals surface area contributed by atoms with E-state index in [0.717, 1.165) is 6.42 Å². The second-order valence-corrected chi connectivity index (χ2v) is 3.46. The Kier molecular flexibility index (Phi) is 4.90. The maximum absolute atomic E-state index is 11.0. The first-order valence-corrected chi connectivity index (χ1v) is 4.34. The van der Waals surface area contributed by atoms with Gasteiger partial charge in [-0.05, 0) is 20.3 Å². The molecule has 0 atom stereocenters. The standard InChI is InChI=1S/C9H18O3/c1-4-5-8(11)12-9(2,3)6-7-10/h10H,4-7H2,1-3H3. The SMILES string of the molecule is CCCC(=O)OC(C)(C)CCO. The molecule has 0 bridgehead atoms. The van der Waals surface area contributed by atoms with Crippen molar-refractivity contribution in [1.82, 2.24) is 0 Å². The molecule has 3 nitrogen and oxygen atoms in total. The number of aliphatic hydroxyl groups excluding tert-OH is 1. The van der Waals surface area contributed by atoms with Gasteiger partial charge in [-0.3, -0.25) is 4.79 Å². The summed E-state index contributed by atoms with van der Waals surface area (Å²) >= 11 is 0. The van der Waals surface area contributed by atoms with E-state index in [0.29, 0.717) is 12.8 Å². The largest absolute Gasteiger partial charge is 0.460 e. The molecule has 72 valence electrons. The number of hydrogen-bond donors (Lipinski definition) is 1. The van der Waals surface area contributed by atoms with Crippen molar-refractivity contribution in [3.05, 3.63) is 0 Å². The minimum Gasteiger partial charge on any atom is -0.460 e. The summed E-state index contributed by atoms with van der Waals surface area (Å²) in [6, 6.07) is 0. The molecule has 3 heteroatoms. The fourth-order valence-electron chi connectivity index (χ4n) is 0.884. The molecule has 0 saturated heterocycles. The second-order valence-electron chi connectivity index (χ2n) is 3.46. The van der Waals surface area contributed by atoms with Crippen molar-refractivity contribution in [3.8, 4) is 0 Å². The topological polar surface area (TPSA) is 46.5 Å². The Bertz CT molecular complexity index is 141. The summed E-state index contributed by atoms with van der Waals surface area (Å²) in [5, 5.41) is 8.65. The van der Waals surface area contributed by atoms with E-state index in [9.17, 15) is 4.79 Å². The fraction of sp³-hybridized carbons (Fsp3) is 0.889. The van der Waals surface area contributed by atoms with Gasteiger partial charge in [-0.2, -0.15) is 0 Å². The molecule has 0 heterocycles. The van der Waals surface area contributed by atoms with E-state index in [1.807, 2.05) is 6.92 Å². The van der Waals surface area contributed by atoms with Crippen LogP contribution in [-0.2, 0) is 9.53 Å². The average molecular weight is 174 g/mol. The number of carbonyl (C=O) groups is 1. The molecule has 0 amide bonds. The third-order valence-electron chi connectivity index (χ3n) is 1.56. The molecule has 0 unspecified atom stereocenters. The van der Waals surface area contributed by atoms with Gasteiger partial charge in [0.2, 0.25) is 0 Å². The summed E-state index contributed by atoms with van der Waals surface area (Å²) in [5.41, 5.74) is -0.527. The van der Waals surface area contributed by atoms with Gasteiger partial charge in [-0.1, -0.05) is 6.92 Å². The third-order valence-corrected chi connectivity index (χ3v) is 1.56. The van der Waals surface area contributed by atoms with Gasteiger partial charge in [0.1, 0.15) is 5.60 Å². The molecule has 1 N–H and O–H groups in total. The Morgan fingerprint density at radius 3 is 2.50 bits per heavy atom. The van der Waals surface area contributed by atoms with Crippen LogP contribution in [0.15, 0.2) is 0 Å². The van der Waals surface area contributed by atoms with Crippen LogP contribution in [0.4, 0.5) is 0 Å². The number of aliphatic hydroxyl groups is 1. The summed E-state index contributed by atoms with van der Waals surface area (Å²) in [4.78, 5) is 11.0. The normalized spacial score (nSPS) is 11.3. The molecule has 0 aliphatic carbocycles. The smallest absolute Gasteiger partial charge is 0.306 e. The molecule has 0 aliphatic heterocycles. The van der Waals surface area contributed by atoms with Gasteiger partial charge >= 0.3 is 5.97 Å². The van der Waals surface area contributed by atoms with E-state index in [4.69, 9.17) is 9.84 Å². The van der Waals surface area contributed by atoms with E-state index in [1.165, 1.54) is 0 Å². The number of rotatable bonds is 5. The van der Waals surface area contributed by atoms with Crippen molar-refractivity contribution in [3.63, 3.8) is 0 Å². The van der Waals surface area contributed by atoms with Crippen LogP contribution in [0.2, 0.25) is 0 Å². The predicted octanol–water partition coefficient (Wildman–Crippen LogP) is 1.49. The Balaban J connectivity index is 3.79. The zero-order chi connectivity index (χ0) is 9.61. The molecule has 0 aromatic rings. The van der Waals surface area contributed by atoms with Gasteiger partial charge in [-0.15, -0.1) is 0 Å². The summed E-state index contributed by atoms with van der Waals surface area (Å²) < 4.78 is 5.12. The van der Waals surface area contributed by atoms with Crippen molar-refractivity contribution in [2.75, 3.05) is 6.61 Å². The van der Waals surface area contributed by atoms with Crippen LogP contribution in [0, 0.1) is 0 Å². The van der Waals surface area contributed by atoms with Gasteiger partial charge in [0.25, 0.3) is 0 Å². The van der Waals surface area contributed by atoms with Gasteiger partial charge in [0, 0.05) is 19.4 Å². The van der Waals surface area contributed by atoms with Gasteiger partial charge in [-0.25, -0.2) is 0 Å². The second kappa shape index (κ2) is 5.14. The third kappa shape index (κ3) is 5.13. The summed E-state index contributed by atoms with van der Waals surface area (Å²) in [6.45, 7) is 5.58. The lowest BCUT2D eigenvalue weighted by Crippen LogP contribution is -2.29. The first-order valence-electron chi connectivity index (χ1n) is 4.34. The van der Waals surface area contributed by atoms with E-state index in [1.54, 1.807) is 13.8 Å². The molecule has 0 rings (SSSR count). The molecule has 0 fully saturated rings. The van der Waals surface area contributed by atoms with Crippen molar-refractivity contribution in [2.24, 2.45) is 0 Å². The lowest BCUT2D eigenvalue weighted by atomic mass is 10.1. The minimum atomic E-state index is -0.527. The lowest BCUT2D eigenvalue weighted by Gasteiger charge is -2.23. The van der Waals surface area contributed by atoms with E-state index in [-0.39, 0.29) is 12.6 Å². The molecule has 0 saturated carbocycles. The highest BCUT2D eigenvalue weighted by Gasteiger charge is 2.21. The first-order chi connectivity index (χ1) is 5.52. The van der Waals surface area contributed by atoms with Crippen LogP contribution < -0.4 is 0 Å². The highest BCUT2D eigenvalue weighted by molar-refractivity contribution is 5.69. The quantitative estimate of drug-likeness (QED) is 0.642. The summed E-state index contributed by atoms with van der Waals surface area (Å²) in [5.74, 6) is -0.184. The number of ether oxygens (including phenoxy) is 1. The lowest BCUT2D eigenvalue weighted by molar-refractivity contribution is -0.157. The Hall–Kier alpha value is -0.570. The summed E-state index contributed by atoms with van der Waals surface area (Å²) in [7, 11) is 0. The van der Waals surface area contributed by atoms with Gasteiger partial charge in [0.05, 0.1) is 0 Å². The van der Waals surface area contributed by atoms with Crippen LogP contribution in [-0.4, -0.2) is 23.3 Å². The van der Waals surface area contributed by atoms with Crippen LogP contribution in [0.5, 0.6) is 0 Å². The molecule has 0 spiro atoms. The molecule has 0 aromatic heterocycles. The maximum atomic E-state index is 11.0. The zero-order valence-electron chi connectivity index (χ0n) is 8.09. The van der Waals surface area contributed by atoms with Crippen molar-refractivity contribution in [2.45, 2.75) is 45.6 Å². The minimum absolute atomic E-state index is 0.0480. The van der Waals surface area contributed by atoms with Crippen molar-refractivity contribution >= 4 is 5.97 Å². The Labute approximate surface area is 73.7 Å². The maximum Gasteiger partial charge on any atom is 0.306 e. The van der Waals surface area contributed by atoms with Crippen LogP contribution in [0.25, 0.3) is 0 Å². The molecule has 0 aliphatic rings. The zero-order valence-corrected chi connectivity index (χ0v) is 8.09. The van der Waals surface area contributed by atoms with E-state index >= 15 is 0 Å². The first kappa shape index (κ1) is 11.4. The number of carbonyl (C=O) groups excluding carboxylic acids is 1. The monoisotopic (exact) mass is 174 g/mol. The average Bonchev–Trinajstić information content (AvgIpc) is 1.85. The van der Waals surface area contributed by atoms with Crippen molar-refractivity contribution in [1.29, 1.82) is 0 Å². The van der Waals surface area contributed by atoms with Crippen molar-refractivity contribution < 1.29 is 14.6 Å². The van der Waals surface area contributed by atoms with Crippen LogP contribution in [0.1, 0.15) is 40.0 Å². The molecule has 0 aromatic carbocycles. The highest BCUT2D eigenvalue weighted by atomic mass is 16.6. The fourth-order valence-corrected chi connectivity index (χ4v) is 0.884. The van der Waals surface area contributed by atoms with Crippen LogP contribution in [0.3, 0.4) is 0 Å². The van der Waals surface area contributed by atoms with Gasteiger partial charge in [0.15, 0.2) is 0 Å². The van der Waals surface area contributed by atoms with Gasteiger partial charge < -0.3 is 9.84 Å². The molecular weight excluding hydrogens is 156 g/mol.